The van der Waals surface area contributed by atoms with E-state index in [4.69, 9.17) is 9.72 Å². The molecule has 0 bridgehead atoms. The molecule has 1 aliphatic rings. The van der Waals surface area contributed by atoms with Crippen molar-refractivity contribution in [3.63, 3.8) is 0 Å². The number of rotatable bonds is 4. The van der Waals surface area contributed by atoms with Crippen molar-refractivity contribution in [2.75, 3.05) is 13.7 Å². The van der Waals surface area contributed by atoms with E-state index >= 15 is 0 Å². The minimum Gasteiger partial charge on any atom is -0.497 e. The third-order valence-electron chi connectivity index (χ3n) is 4.74. The SMILES string of the molecule is COc1cccc(CN2CCc3c(nc(-c4ccccc4)[nH]c3=O)C2)c1. The van der Waals surface area contributed by atoms with E-state index in [1.807, 2.05) is 42.5 Å². The van der Waals surface area contributed by atoms with Crippen LogP contribution in [0.1, 0.15) is 16.8 Å². The average Bonchev–Trinajstić information content (AvgIpc) is 2.68. The van der Waals surface area contributed by atoms with Gasteiger partial charge in [0.2, 0.25) is 0 Å². The Kier molecular flexibility index (Phi) is 4.54. The first-order valence-corrected chi connectivity index (χ1v) is 8.76. The minimum atomic E-state index is -0.0186. The molecule has 0 unspecified atom stereocenters. The lowest BCUT2D eigenvalue weighted by Gasteiger charge is -2.27. The molecule has 26 heavy (non-hydrogen) atoms. The van der Waals surface area contributed by atoms with Crippen LogP contribution in [0, 0.1) is 0 Å². The van der Waals surface area contributed by atoms with Gasteiger partial charge in [-0.3, -0.25) is 9.69 Å². The smallest absolute Gasteiger partial charge is 0.254 e. The number of methoxy groups -OCH3 is 1. The number of fused-ring (bicyclic) bond motifs is 1. The number of aromatic amines is 1. The molecule has 1 N–H and O–H groups in total. The number of hydrogen-bond donors (Lipinski definition) is 1. The van der Waals surface area contributed by atoms with Gasteiger partial charge in [0.15, 0.2) is 0 Å². The number of aromatic nitrogens is 2. The van der Waals surface area contributed by atoms with Crippen molar-refractivity contribution >= 4 is 0 Å². The van der Waals surface area contributed by atoms with Crippen molar-refractivity contribution in [1.29, 1.82) is 0 Å². The van der Waals surface area contributed by atoms with Crippen LogP contribution in [-0.4, -0.2) is 28.5 Å². The summed E-state index contributed by atoms with van der Waals surface area (Å²) in [5, 5.41) is 0. The Morgan fingerprint density at radius 2 is 2.00 bits per heavy atom. The molecule has 2 heterocycles. The molecule has 5 nitrogen and oxygen atoms in total. The van der Waals surface area contributed by atoms with Crippen molar-refractivity contribution in [2.45, 2.75) is 19.5 Å². The average molecular weight is 347 g/mol. The van der Waals surface area contributed by atoms with Crippen LogP contribution in [0.2, 0.25) is 0 Å². The Balaban J connectivity index is 1.59. The van der Waals surface area contributed by atoms with Crippen molar-refractivity contribution in [1.82, 2.24) is 14.9 Å². The Morgan fingerprint density at radius 3 is 2.81 bits per heavy atom. The first kappa shape index (κ1) is 16.5. The minimum absolute atomic E-state index is 0.0186. The van der Waals surface area contributed by atoms with Gasteiger partial charge in [0, 0.05) is 30.8 Å². The maximum absolute atomic E-state index is 12.5. The molecule has 0 spiro atoms. The summed E-state index contributed by atoms with van der Waals surface area (Å²) in [4.78, 5) is 22.5. The van der Waals surface area contributed by atoms with Gasteiger partial charge in [-0.2, -0.15) is 0 Å². The van der Waals surface area contributed by atoms with Crippen LogP contribution in [0.25, 0.3) is 11.4 Å². The fourth-order valence-electron chi connectivity index (χ4n) is 3.39. The highest BCUT2D eigenvalue weighted by molar-refractivity contribution is 5.54. The van der Waals surface area contributed by atoms with E-state index in [1.54, 1.807) is 7.11 Å². The number of benzene rings is 2. The highest BCUT2D eigenvalue weighted by Crippen LogP contribution is 2.21. The van der Waals surface area contributed by atoms with Crippen LogP contribution in [-0.2, 0) is 19.5 Å². The van der Waals surface area contributed by atoms with E-state index in [-0.39, 0.29) is 5.56 Å². The topological polar surface area (TPSA) is 58.2 Å². The summed E-state index contributed by atoms with van der Waals surface area (Å²) in [6.45, 7) is 2.34. The molecule has 0 aliphatic carbocycles. The molecular formula is C21H21N3O2. The maximum Gasteiger partial charge on any atom is 0.254 e. The van der Waals surface area contributed by atoms with Crippen LogP contribution < -0.4 is 10.3 Å². The van der Waals surface area contributed by atoms with E-state index in [0.29, 0.717) is 12.4 Å². The lowest BCUT2D eigenvalue weighted by molar-refractivity contribution is 0.240. The highest BCUT2D eigenvalue weighted by atomic mass is 16.5. The van der Waals surface area contributed by atoms with Gasteiger partial charge in [0.1, 0.15) is 11.6 Å². The molecule has 0 radical (unpaired) electrons. The Morgan fingerprint density at radius 1 is 1.15 bits per heavy atom. The summed E-state index contributed by atoms with van der Waals surface area (Å²) >= 11 is 0. The third kappa shape index (κ3) is 3.39. The lowest BCUT2D eigenvalue weighted by atomic mass is 10.0. The number of H-pyrrole nitrogens is 1. The molecule has 0 atom stereocenters. The summed E-state index contributed by atoms with van der Waals surface area (Å²) in [6, 6.07) is 17.9. The molecule has 0 saturated carbocycles. The molecule has 3 aromatic rings. The molecule has 0 fully saturated rings. The molecule has 132 valence electrons. The monoisotopic (exact) mass is 347 g/mol. The molecule has 0 saturated heterocycles. The second-order valence-corrected chi connectivity index (χ2v) is 6.52. The predicted molar refractivity (Wildman–Crippen MR) is 101 cm³/mol. The van der Waals surface area contributed by atoms with Gasteiger partial charge < -0.3 is 9.72 Å². The first-order chi connectivity index (χ1) is 12.7. The zero-order chi connectivity index (χ0) is 17.9. The summed E-state index contributed by atoms with van der Waals surface area (Å²) < 4.78 is 5.30. The zero-order valence-corrected chi connectivity index (χ0v) is 14.7. The highest BCUT2D eigenvalue weighted by Gasteiger charge is 2.21. The number of ether oxygens (including phenoxy) is 1. The summed E-state index contributed by atoms with van der Waals surface area (Å²) in [5.41, 5.74) is 3.79. The van der Waals surface area contributed by atoms with Crippen LogP contribution in [0.4, 0.5) is 0 Å². The fourth-order valence-corrected chi connectivity index (χ4v) is 3.39. The molecule has 5 heteroatoms. The maximum atomic E-state index is 12.5. The van der Waals surface area contributed by atoms with E-state index in [9.17, 15) is 4.79 Å². The molecule has 4 rings (SSSR count). The van der Waals surface area contributed by atoms with Gasteiger partial charge in [-0.05, 0) is 24.1 Å². The normalized spacial score (nSPS) is 14.0. The van der Waals surface area contributed by atoms with Gasteiger partial charge in [0.25, 0.3) is 5.56 Å². The quantitative estimate of drug-likeness (QED) is 0.788. The molecule has 1 aliphatic heterocycles. The molecule has 0 amide bonds. The summed E-state index contributed by atoms with van der Waals surface area (Å²) in [6.07, 6.45) is 0.719. The van der Waals surface area contributed by atoms with E-state index in [0.717, 1.165) is 42.1 Å². The largest absolute Gasteiger partial charge is 0.497 e. The van der Waals surface area contributed by atoms with E-state index in [1.165, 1.54) is 5.56 Å². The second-order valence-electron chi connectivity index (χ2n) is 6.52. The Bertz CT molecular complexity index is 966. The fraction of sp³-hybridized carbons (Fsp3) is 0.238. The van der Waals surface area contributed by atoms with Crippen LogP contribution >= 0.6 is 0 Å². The van der Waals surface area contributed by atoms with Gasteiger partial charge in [-0.15, -0.1) is 0 Å². The first-order valence-electron chi connectivity index (χ1n) is 8.76. The number of nitrogens with zero attached hydrogens (tertiary/aromatic N) is 2. The van der Waals surface area contributed by atoms with Crippen molar-refractivity contribution in [3.8, 4) is 17.1 Å². The van der Waals surface area contributed by atoms with E-state index < -0.39 is 0 Å². The van der Waals surface area contributed by atoms with Gasteiger partial charge in [-0.1, -0.05) is 42.5 Å². The molecule has 2 aromatic carbocycles. The van der Waals surface area contributed by atoms with E-state index in [2.05, 4.69) is 22.0 Å². The summed E-state index contributed by atoms with van der Waals surface area (Å²) in [7, 11) is 1.68. The Hall–Kier alpha value is -2.92. The van der Waals surface area contributed by atoms with Gasteiger partial charge >= 0.3 is 0 Å². The second kappa shape index (κ2) is 7.14. The van der Waals surface area contributed by atoms with Gasteiger partial charge in [0.05, 0.1) is 12.8 Å². The van der Waals surface area contributed by atoms with Crippen molar-refractivity contribution < 1.29 is 4.74 Å². The lowest BCUT2D eigenvalue weighted by Crippen LogP contribution is -2.35. The third-order valence-corrected chi connectivity index (χ3v) is 4.74. The van der Waals surface area contributed by atoms with Crippen molar-refractivity contribution in [2.24, 2.45) is 0 Å². The molecular weight excluding hydrogens is 326 g/mol. The summed E-state index contributed by atoms with van der Waals surface area (Å²) in [5.74, 6) is 1.50. The van der Waals surface area contributed by atoms with Crippen LogP contribution in [0.15, 0.2) is 59.4 Å². The number of hydrogen-bond acceptors (Lipinski definition) is 4. The zero-order valence-electron chi connectivity index (χ0n) is 14.7. The van der Waals surface area contributed by atoms with Crippen molar-refractivity contribution in [3.05, 3.63) is 81.8 Å². The standard InChI is InChI=1S/C21H21N3O2/c1-26-17-9-5-6-15(12-17)13-24-11-10-18-19(14-24)22-20(23-21(18)25)16-7-3-2-4-8-16/h2-9,12H,10-11,13-14H2,1H3,(H,22,23,25). The van der Waals surface area contributed by atoms with Crippen LogP contribution in [0.3, 0.4) is 0 Å². The Labute approximate surface area is 152 Å². The molecule has 1 aromatic heterocycles. The van der Waals surface area contributed by atoms with Crippen LogP contribution in [0.5, 0.6) is 5.75 Å². The number of nitrogens with one attached hydrogen (secondary N) is 1. The predicted octanol–water partition coefficient (Wildman–Crippen LogP) is 3.00. The van der Waals surface area contributed by atoms with Gasteiger partial charge in [-0.25, -0.2) is 4.98 Å².